The molecule has 0 bridgehead atoms. The van der Waals surface area contributed by atoms with E-state index < -0.39 is 17.8 Å². The minimum Gasteiger partial charge on any atom is -0.494 e. The van der Waals surface area contributed by atoms with Crippen LogP contribution in [0.4, 0.5) is 24.7 Å². The number of benzene rings is 2. The molecular weight excluding hydrogens is 409 g/mol. The van der Waals surface area contributed by atoms with Crippen molar-refractivity contribution in [3.63, 3.8) is 0 Å². The van der Waals surface area contributed by atoms with Gasteiger partial charge in [0.05, 0.1) is 24.1 Å². The Morgan fingerprint density at radius 3 is 2.61 bits per heavy atom. The van der Waals surface area contributed by atoms with Crippen LogP contribution in [0.25, 0.3) is 10.9 Å². The molecule has 10 heteroatoms. The van der Waals surface area contributed by atoms with E-state index >= 15 is 0 Å². The van der Waals surface area contributed by atoms with Gasteiger partial charge in [-0.3, -0.25) is 0 Å². The summed E-state index contributed by atoms with van der Waals surface area (Å²) in [6.07, 6.45) is -4.40. The molecule has 1 aliphatic rings. The predicted octanol–water partition coefficient (Wildman–Crippen LogP) is 3.63. The molecule has 2 heterocycles. The molecule has 0 amide bonds. The minimum atomic E-state index is -4.40. The number of ether oxygens (including phenoxy) is 1. The zero-order chi connectivity index (χ0) is 22.0. The smallest absolute Gasteiger partial charge is 0.416 e. The molecule has 1 aliphatic heterocycles. The van der Waals surface area contributed by atoms with Crippen molar-refractivity contribution in [2.24, 2.45) is 0 Å². The lowest BCUT2D eigenvalue weighted by atomic mass is 10.0. The monoisotopic (exact) mass is 432 g/mol. The Morgan fingerprint density at radius 1 is 1.13 bits per heavy atom. The Balaban J connectivity index is 1.70. The number of anilines is 2. The van der Waals surface area contributed by atoms with Gasteiger partial charge in [0.1, 0.15) is 11.3 Å². The lowest BCUT2D eigenvalue weighted by molar-refractivity contribution is -0.137. The first-order valence-electron chi connectivity index (χ1n) is 9.97. The van der Waals surface area contributed by atoms with Gasteiger partial charge < -0.3 is 20.3 Å². The second-order valence-electron chi connectivity index (χ2n) is 7.41. The average molecular weight is 432 g/mol. The van der Waals surface area contributed by atoms with Crippen molar-refractivity contribution >= 4 is 22.4 Å². The number of hydrogen-bond donors (Lipinski definition) is 2. The number of halogens is 3. The van der Waals surface area contributed by atoms with E-state index in [2.05, 4.69) is 30.9 Å². The summed E-state index contributed by atoms with van der Waals surface area (Å²) in [6, 6.07) is 8.70. The van der Waals surface area contributed by atoms with Crippen molar-refractivity contribution in [2.45, 2.75) is 19.1 Å². The molecule has 0 saturated carbocycles. The SMILES string of the molecule is COc1cc(N2CCNCC2)cc2c(N[C@H](C)c3cccc(C(F)(F)F)c3)nnnc12. The molecular formula is C21H23F3N6O. The summed E-state index contributed by atoms with van der Waals surface area (Å²) in [5, 5.41) is 19.3. The van der Waals surface area contributed by atoms with E-state index in [4.69, 9.17) is 4.74 Å². The number of aromatic nitrogens is 3. The van der Waals surface area contributed by atoms with Gasteiger partial charge in [-0.2, -0.15) is 13.2 Å². The zero-order valence-corrected chi connectivity index (χ0v) is 17.2. The Bertz CT molecular complexity index is 1070. The third-order valence-electron chi connectivity index (χ3n) is 5.37. The molecule has 0 unspecified atom stereocenters. The van der Waals surface area contributed by atoms with Crippen LogP contribution in [-0.4, -0.2) is 48.7 Å². The lowest BCUT2D eigenvalue weighted by Crippen LogP contribution is -2.43. The van der Waals surface area contributed by atoms with Crippen molar-refractivity contribution in [1.82, 2.24) is 20.7 Å². The van der Waals surface area contributed by atoms with Crippen LogP contribution in [0.15, 0.2) is 36.4 Å². The second kappa shape index (κ2) is 8.54. The molecule has 164 valence electrons. The zero-order valence-electron chi connectivity index (χ0n) is 17.2. The summed E-state index contributed by atoms with van der Waals surface area (Å²) in [5.74, 6) is 1.00. The highest BCUT2D eigenvalue weighted by atomic mass is 19.4. The first-order chi connectivity index (χ1) is 14.9. The fourth-order valence-corrected chi connectivity index (χ4v) is 3.68. The molecule has 1 fully saturated rings. The molecule has 3 aromatic rings. The number of hydrogen-bond acceptors (Lipinski definition) is 7. The summed E-state index contributed by atoms with van der Waals surface area (Å²) in [7, 11) is 1.57. The van der Waals surface area contributed by atoms with Gasteiger partial charge in [-0.1, -0.05) is 12.1 Å². The van der Waals surface area contributed by atoms with Crippen LogP contribution in [-0.2, 0) is 6.18 Å². The summed E-state index contributed by atoms with van der Waals surface area (Å²) in [5.41, 5.74) is 1.31. The molecule has 1 aromatic heterocycles. The molecule has 7 nitrogen and oxygen atoms in total. The average Bonchev–Trinajstić information content (AvgIpc) is 2.78. The summed E-state index contributed by atoms with van der Waals surface area (Å²) in [4.78, 5) is 2.24. The Hall–Kier alpha value is -3.14. The largest absolute Gasteiger partial charge is 0.494 e. The van der Waals surface area contributed by atoms with Crippen LogP contribution >= 0.6 is 0 Å². The molecule has 2 aromatic carbocycles. The van der Waals surface area contributed by atoms with Gasteiger partial charge in [0.2, 0.25) is 0 Å². The highest BCUT2D eigenvalue weighted by Crippen LogP contribution is 2.35. The number of piperazine rings is 1. The highest BCUT2D eigenvalue weighted by molar-refractivity contribution is 5.95. The van der Waals surface area contributed by atoms with Gasteiger partial charge >= 0.3 is 6.18 Å². The number of alkyl halides is 3. The molecule has 31 heavy (non-hydrogen) atoms. The van der Waals surface area contributed by atoms with Crippen LogP contribution in [0.1, 0.15) is 24.1 Å². The summed E-state index contributed by atoms with van der Waals surface area (Å²) >= 11 is 0. The molecule has 0 aliphatic carbocycles. The predicted molar refractivity (Wildman–Crippen MR) is 112 cm³/mol. The standard InChI is InChI=1S/C21H23F3N6O/c1-13(14-4-3-5-15(10-14)21(22,23)24)26-20-17-11-16(30-8-6-25-7-9-30)12-18(31-2)19(17)27-29-28-20/h3-5,10-13,25H,6-9H2,1-2H3,(H,26,27,28)/t13-/m1/s1. The molecule has 0 radical (unpaired) electrons. The van der Waals surface area contributed by atoms with Crippen LogP contribution in [0.3, 0.4) is 0 Å². The van der Waals surface area contributed by atoms with Crippen LogP contribution in [0.2, 0.25) is 0 Å². The molecule has 1 atom stereocenters. The van der Waals surface area contributed by atoms with Gasteiger partial charge in [-0.05, 0) is 35.9 Å². The first-order valence-corrected chi connectivity index (χ1v) is 9.97. The van der Waals surface area contributed by atoms with Crippen LogP contribution in [0, 0.1) is 0 Å². The number of nitrogens with zero attached hydrogens (tertiary/aromatic N) is 4. The van der Waals surface area contributed by atoms with E-state index in [0.29, 0.717) is 28.0 Å². The second-order valence-corrected chi connectivity index (χ2v) is 7.41. The summed E-state index contributed by atoms with van der Waals surface area (Å²) in [6.45, 7) is 5.24. The van der Waals surface area contributed by atoms with E-state index in [1.807, 2.05) is 12.1 Å². The number of fused-ring (bicyclic) bond motifs is 1. The van der Waals surface area contributed by atoms with E-state index in [1.165, 1.54) is 6.07 Å². The minimum absolute atomic E-state index is 0.434. The van der Waals surface area contributed by atoms with Crippen molar-refractivity contribution in [3.05, 3.63) is 47.5 Å². The van der Waals surface area contributed by atoms with Crippen LogP contribution in [0.5, 0.6) is 5.75 Å². The van der Waals surface area contributed by atoms with E-state index in [1.54, 1.807) is 20.1 Å². The van der Waals surface area contributed by atoms with Gasteiger partial charge in [-0.15, -0.1) is 10.2 Å². The maximum Gasteiger partial charge on any atom is 0.416 e. The van der Waals surface area contributed by atoms with E-state index in [0.717, 1.165) is 44.0 Å². The molecule has 0 spiro atoms. The van der Waals surface area contributed by atoms with Gasteiger partial charge in [0, 0.05) is 37.9 Å². The molecule has 4 rings (SSSR count). The Kier molecular flexibility index (Phi) is 5.81. The maximum absolute atomic E-state index is 13.1. The normalized spacial score (nSPS) is 15.7. The number of rotatable bonds is 5. The first kappa shape index (κ1) is 21.1. The quantitative estimate of drug-likeness (QED) is 0.638. The van der Waals surface area contributed by atoms with Crippen molar-refractivity contribution < 1.29 is 17.9 Å². The lowest BCUT2D eigenvalue weighted by Gasteiger charge is -2.30. The Labute approximate surface area is 177 Å². The van der Waals surface area contributed by atoms with Crippen molar-refractivity contribution in [2.75, 3.05) is 43.5 Å². The topological polar surface area (TPSA) is 75.2 Å². The van der Waals surface area contributed by atoms with Crippen LogP contribution < -0.4 is 20.3 Å². The van der Waals surface area contributed by atoms with Gasteiger partial charge in [0.25, 0.3) is 0 Å². The van der Waals surface area contributed by atoms with E-state index in [-0.39, 0.29) is 0 Å². The molecule has 1 saturated heterocycles. The number of methoxy groups -OCH3 is 1. The van der Waals surface area contributed by atoms with Gasteiger partial charge in [0.15, 0.2) is 5.82 Å². The third kappa shape index (κ3) is 4.48. The van der Waals surface area contributed by atoms with Gasteiger partial charge in [-0.25, -0.2) is 0 Å². The maximum atomic E-state index is 13.1. The fraction of sp³-hybridized carbons (Fsp3) is 0.381. The van der Waals surface area contributed by atoms with Crippen molar-refractivity contribution in [3.8, 4) is 5.75 Å². The van der Waals surface area contributed by atoms with Crippen molar-refractivity contribution in [1.29, 1.82) is 0 Å². The van der Waals surface area contributed by atoms with E-state index in [9.17, 15) is 13.2 Å². The fourth-order valence-electron chi connectivity index (χ4n) is 3.68. The molecule has 2 N–H and O–H groups in total. The highest BCUT2D eigenvalue weighted by Gasteiger charge is 2.30. The summed E-state index contributed by atoms with van der Waals surface area (Å²) < 4.78 is 44.8. The third-order valence-corrected chi connectivity index (χ3v) is 5.37. The Morgan fingerprint density at radius 2 is 1.90 bits per heavy atom. The number of nitrogens with one attached hydrogen (secondary N) is 2.